The summed E-state index contributed by atoms with van der Waals surface area (Å²) >= 11 is 1.69. The second-order valence-electron chi connectivity index (χ2n) is 7.06. The van der Waals surface area contributed by atoms with Crippen LogP contribution < -0.4 is 4.90 Å². The van der Waals surface area contributed by atoms with Gasteiger partial charge in [0.2, 0.25) is 0 Å². The fourth-order valence-corrected chi connectivity index (χ4v) is 4.30. The van der Waals surface area contributed by atoms with Gasteiger partial charge in [0.25, 0.3) is 5.91 Å². The quantitative estimate of drug-likeness (QED) is 0.760. The number of nitrogens with zero attached hydrogens (tertiary/aromatic N) is 4. The van der Waals surface area contributed by atoms with Crippen molar-refractivity contribution in [2.24, 2.45) is 0 Å². The van der Waals surface area contributed by atoms with Gasteiger partial charge in [-0.15, -0.1) is 11.3 Å². The van der Waals surface area contributed by atoms with E-state index in [-0.39, 0.29) is 5.91 Å². The molecule has 2 aromatic rings. The summed E-state index contributed by atoms with van der Waals surface area (Å²) in [7, 11) is 0. The zero-order valence-electron chi connectivity index (χ0n) is 16.6. The van der Waals surface area contributed by atoms with E-state index in [9.17, 15) is 4.79 Å². The monoisotopic (exact) mass is 386 g/mol. The minimum atomic E-state index is 0.140. The molecule has 1 fully saturated rings. The van der Waals surface area contributed by atoms with Crippen LogP contribution in [0.25, 0.3) is 0 Å². The van der Waals surface area contributed by atoms with Gasteiger partial charge in [-0.05, 0) is 44.1 Å². The first-order valence-electron chi connectivity index (χ1n) is 9.88. The lowest BCUT2D eigenvalue weighted by atomic mass is 10.1. The number of carbonyl (C=O) groups is 1. The van der Waals surface area contributed by atoms with Crippen LogP contribution in [0.5, 0.6) is 0 Å². The number of hydrogen-bond acceptors (Lipinski definition) is 5. The summed E-state index contributed by atoms with van der Waals surface area (Å²) in [5.74, 6) is 0.140. The van der Waals surface area contributed by atoms with E-state index in [1.54, 1.807) is 11.3 Å². The van der Waals surface area contributed by atoms with E-state index in [0.717, 1.165) is 68.6 Å². The minimum Gasteiger partial charge on any atom is -0.346 e. The Morgan fingerprint density at radius 3 is 2.48 bits per heavy atom. The first kappa shape index (κ1) is 19.8. The van der Waals surface area contributed by atoms with E-state index in [1.807, 2.05) is 24.0 Å². The summed E-state index contributed by atoms with van der Waals surface area (Å²) in [4.78, 5) is 24.2. The molecule has 0 saturated carbocycles. The van der Waals surface area contributed by atoms with Gasteiger partial charge in [-0.25, -0.2) is 4.98 Å². The van der Waals surface area contributed by atoms with Crippen molar-refractivity contribution < 1.29 is 4.79 Å². The van der Waals surface area contributed by atoms with Gasteiger partial charge in [-0.3, -0.25) is 9.69 Å². The SMILES string of the molecule is CCN(CC)Cc1ccc(C(=O)N2CCCN(c3nc(C)cs3)CC2)cc1. The lowest BCUT2D eigenvalue weighted by molar-refractivity contribution is 0.0767. The average Bonchev–Trinajstić information content (AvgIpc) is 2.98. The lowest BCUT2D eigenvalue weighted by Gasteiger charge is -2.22. The Kier molecular flexibility index (Phi) is 6.85. The number of anilines is 1. The van der Waals surface area contributed by atoms with Gasteiger partial charge in [0, 0.05) is 43.7 Å². The molecule has 0 atom stereocenters. The molecule has 0 radical (unpaired) electrons. The largest absolute Gasteiger partial charge is 0.346 e. The first-order chi connectivity index (χ1) is 13.1. The van der Waals surface area contributed by atoms with Crippen LogP contribution in [-0.2, 0) is 6.54 Å². The molecular formula is C21H30N4OS. The third-order valence-corrected chi connectivity index (χ3v) is 6.18. The van der Waals surface area contributed by atoms with Gasteiger partial charge in [-0.2, -0.15) is 0 Å². The molecule has 1 aliphatic rings. The maximum absolute atomic E-state index is 12.9. The summed E-state index contributed by atoms with van der Waals surface area (Å²) in [6, 6.07) is 8.14. The van der Waals surface area contributed by atoms with Crippen LogP contribution in [0.1, 0.15) is 41.9 Å². The molecule has 0 bridgehead atoms. The molecule has 6 heteroatoms. The van der Waals surface area contributed by atoms with Crippen molar-refractivity contribution in [1.29, 1.82) is 0 Å². The normalized spacial score (nSPS) is 15.3. The van der Waals surface area contributed by atoms with Gasteiger partial charge in [0.05, 0.1) is 5.69 Å². The van der Waals surface area contributed by atoms with Crippen molar-refractivity contribution in [3.8, 4) is 0 Å². The zero-order chi connectivity index (χ0) is 19.2. The molecule has 1 saturated heterocycles. The molecule has 0 spiro atoms. The van der Waals surface area contributed by atoms with Crippen LogP contribution >= 0.6 is 11.3 Å². The fourth-order valence-electron chi connectivity index (χ4n) is 3.44. The Bertz CT molecular complexity index is 739. The van der Waals surface area contributed by atoms with Crippen LogP contribution in [-0.4, -0.2) is 60.0 Å². The fraction of sp³-hybridized carbons (Fsp3) is 0.524. The highest BCUT2D eigenvalue weighted by Gasteiger charge is 2.21. The molecule has 1 aromatic heterocycles. The molecule has 1 aromatic carbocycles. The molecule has 0 aliphatic carbocycles. The number of thiazole rings is 1. The van der Waals surface area contributed by atoms with Crippen molar-refractivity contribution >= 4 is 22.4 Å². The van der Waals surface area contributed by atoms with Crippen LogP contribution in [0.3, 0.4) is 0 Å². The van der Waals surface area contributed by atoms with E-state index >= 15 is 0 Å². The van der Waals surface area contributed by atoms with Gasteiger partial charge in [0.15, 0.2) is 5.13 Å². The van der Waals surface area contributed by atoms with E-state index in [1.165, 1.54) is 5.56 Å². The average molecular weight is 387 g/mol. The predicted molar refractivity (Wildman–Crippen MR) is 113 cm³/mol. The van der Waals surface area contributed by atoms with Gasteiger partial charge in [-0.1, -0.05) is 26.0 Å². The number of benzene rings is 1. The Balaban J connectivity index is 1.60. The summed E-state index contributed by atoms with van der Waals surface area (Å²) in [6.45, 7) is 12.8. The maximum Gasteiger partial charge on any atom is 0.253 e. The number of rotatable bonds is 6. The van der Waals surface area contributed by atoms with Crippen molar-refractivity contribution in [1.82, 2.24) is 14.8 Å². The minimum absolute atomic E-state index is 0.140. The highest BCUT2D eigenvalue weighted by atomic mass is 32.1. The third kappa shape index (κ3) is 5.08. The zero-order valence-corrected chi connectivity index (χ0v) is 17.5. The topological polar surface area (TPSA) is 39.7 Å². The highest BCUT2D eigenvalue weighted by molar-refractivity contribution is 7.13. The Morgan fingerprint density at radius 1 is 1.11 bits per heavy atom. The molecule has 1 aliphatic heterocycles. The van der Waals surface area contributed by atoms with Crippen molar-refractivity contribution in [3.05, 3.63) is 46.5 Å². The molecular weight excluding hydrogens is 356 g/mol. The Morgan fingerprint density at radius 2 is 1.85 bits per heavy atom. The molecule has 3 rings (SSSR count). The third-order valence-electron chi connectivity index (χ3n) is 5.16. The number of aromatic nitrogens is 1. The molecule has 2 heterocycles. The number of carbonyl (C=O) groups excluding carboxylic acids is 1. The van der Waals surface area contributed by atoms with Crippen LogP contribution in [0.15, 0.2) is 29.6 Å². The first-order valence-corrected chi connectivity index (χ1v) is 10.8. The highest BCUT2D eigenvalue weighted by Crippen LogP contribution is 2.22. The van der Waals surface area contributed by atoms with Crippen LogP contribution in [0, 0.1) is 6.92 Å². The predicted octanol–water partition coefficient (Wildman–Crippen LogP) is 3.65. The second kappa shape index (κ2) is 9.33. The Hall–Kier alpha value is -1.92. The van der Waals surface area contributed by atoms with Gasteiger partial charge < -0.3 is 9.80 Å². The molecule has 0 N–H and O–H groups in total. The molecule has 27 heavy (non-hydrogen) atoms. The van der Waals surface area contributed by atoms with Gasteiger partial charge in [0.1, 0.15) is 0 Å². The molecule has 146 valence electrons. The molecule has 0 unspecified atom stereocenters. The standard InChI is InChI=1S/C21H30N4OS/c1-4-23(5-2)15-18-7-9-19(10-8-18)20(26)24-11-6-12-25(14-13-24)21-22-17(3)16-27-21/h7-10,16H,4-6,11-15H2,1-3H3. The maximum atomic E-state index is 12.9. The molecule has 1 amide bonds. The number of amides is 1. The number of hydrogen-bond donors (Lipinski definition) is 0. The lowest BCUT2D eigenvalue weighted by Crippen LogP contribution is -2.35. The van der Waals surface area contributed by atoms with E-state index in [0.29, 0.717) is 0 Å². The van der Waals surface area contributed by atoms with Crippen molar-refractivity contribution in [3.63, 3.8) is 0 Å². The smallest absolute Gasteiger partial charge is 0.253 e. The Labute approximate surface area is 166 Å². The van der Waals surface area contributed by atoms with Gasteiger partial charge >= 0.3 is 0 Å². The van der Waals surface area contributed by atoms with Crippen LogP contribution in [0.2, 0.25) is 0 Å². The summed E-state index contributed by atoms with van der Waals surface area (Å²) in [6.07, 6.45) is 0.977. The van der Waals surface area contributed by atoms with E-state index in [4.69, 9.17) is 0 Å². The molecule has 5 nitrogen and oxygen atoms in total. The van der Waals surface area contributed by atoms with Crippen LogP contribution in [0.4, 0.5) is 5.13 Å². The summed E-state index contributed by atoms with van der Waals surface area (Å²) in [5, 5.41) is 3.16. The number of aryl methyl sites for hydroxylation is 1. The summed E-state index contributed by atoms with van der Waals surface area (Å²) < 4.78 is 0. The second-order valence-corrected chi connectivity index (χ2v) is 7.90. The summed E-state index contributed by atoms with van der Waals surface area (Å²) in [5.41, 5.74) is 3.12. The van der Waals surface area contributed by atoms with Crippen molar-refractivity contribution in [2.75, 3.05) is 44.2 Å². The van der Waals surface area contributed by atoms with E-state index < -0.39 is 0 Å². The van der Waals surface area contributed by atoms with E-state index in [2.05, 4.69) is 46.1 Å². The van der Waals surface area contributed by atoms with Crippen molar-refractivity contribution in [2.45, 2.75) is 33.7 Å².